The van der Waals surface area contributed by atoms with E-state index in [1.165, 1.54) is 6.26 Å². The summed E-state index contributed by atoms with van der Waals surface area (Å²) in [7, 11) is -1.20. The molecule has 5 nitrogen and oxygen atoms in total. The molecule has 0 aromatic heterocycles. The topological polar surface area (TPSA) is 74.7 Å². The quantitative estimate of drug-likeness (QED) is 0.797. The Kier molecular flexibility index (Phi) is 5.38. The second-order valence-corrected chi connectivity index (χ2v) is 8.41. The highest BCUT2D eigenvalue weighted by molar-refractivity contribution is 7.90. The molecule has 2 atom stereocenters. The van der Waals surface area contributed by atoms with E-state index in [1.807, 2.05) is 4.90 Å². The van der Waals surface area contributed by atoms with Crippen molar-refractivity contribution in [2.24, 2.45) is 11.3 Å². The zero-order chi connectivity index (χ0) is 14.7. The van der Waals surface area contributed by atoms with Gasteiger partial charge in [0, 0.05) is 19.3 Å². The third-order valence-electron chi connectivity index (χ3n) is 3.96. The minimum atomic E-state index is -3.00. The summed E-state index contributed by atoms with van der Waals surface area (Å²) in [6, 6.07) is 0. The first-order valence-electron chi connectivity index (χ1n) is 6.74. The van der Waals surface area contributed by atoms with Gasteiger partial charge in [-0.25, -0.2) is 8.42 Å². The standard InChI is InChI=1S/C13H25NO4S/c1-11-5-4-6-13(9-11,12(15)16)10-14(2)7-8-19(3,17)18/h11H,4-10H2,1-3H3,(H,15,16). The number of carbonyl (C=O) groups is 1. The van der Waals surface area contributed by atoms with Crippen LogP contribution in [0.25, 0.3) is 0 Å². The lowest BCUT2D eigenvalue weighted by atomic mass is 9.70. The lowest BCUT2D eigenvalue weighted by Crippen LogP contribution is -2.45. The van der Waals surface area contributed by atoms with Crippen LogP contribution in [-0.2, 0) is 14.6 Å². The molecule has 1 fully saturated rings. The molecule has 112 valence electrons. The monoisotopic (exact) mass is 291 g/mol. The van der Waals surface area contributed by atoms with E-state index in [0.29, 0.717) is 31.8 Å². The lowest BCUT2D eigenvalue weighted by Gasteiger charge is -2.39. The fourth-order valence-electron chi connectivity index (χ4n) is 2.98. The number of carboxylic acids is 1. The molecule has 0 spiro atoms. The smallest absolute Gasteiger partial charge is 0.310 e. The Labute approximate surface area is 115 Å². The Hall–Kier alpha value is -0.620. The van der Waals surface area contributed by atoms with Gasteiger partial charge in [-0.05, 0) is 25.8 Å². The second-order valence-electron chi connectivity index (χ2n) is 6.15. The highest BCUT2D eigenvalue weighted by Gasteiger charge is 2.42. The van der Waals surface area contributed by atoms with Gasteiger partial charge in [-0.2, -0.15) is 0 Å². The van der Waals surface area contributed by atoms with Gasteiger partial charge < -0.3 is 10.0 Å². The number of carboxylic acid groups (broad SMARTS) is 1. The fraction of sp³-hybridized carbons (Fsp3) is 0.923. The van der Waals surface area contributed by atoms with Gasteiger partial charge in [0.2, 0.25) is 0 Å². The first-order valence-corrected chi connectivity index (χ1v) is 8.80. The summed E-state index contributed by atoms with van der Waals surface area (Å²) in [5.74, 6) is -0.243. The Morgan fingerprint density at radius 1 is 1.47 bits per heavy atom. The molecule has 2 unspecified atom stereocenters. The van der Waals surface area contributed by atoms with Gasteiger partial charge in [0.05, 0.1) is 11.2 Å². The maximum atomic E-state index is 11.6. The molecule has 1 rings (SSSR count). The molecule has 1 saturated carbocycles. The van der Waals surface area contributed by atoms with E-state index in [2.05, 4.69) is 6.92 Å². The highest BCUT2D eigenvalue weighted by atomic mass is 32.2. The summed E-state index contributed by atoms with van der Waals surface area (Å²) in [6.45, 7) is 2.91. The van der Waals surface area contributed by atoms with Crippen molar-refractivity contribution in [1.82, 2.24) is 4.90 Å². The third-order valence-corrected chi connectivity index (χ3v) is 4.89. The SMILES string of the molecule is CC1CCCC(CN(C)CCS(C)(=O)=O)(C(=O)O)C1. The van der Waals surface area contributed by atoms with Gasteiger partial charge in [0.15, 0.2) is 0 Å². The van der Waals surface area contributed by atoms with Crippen LogP contribution in [0.5, 0.6) is 0 Å². The van der Waals surface area contributed by atoms with E-state index < -0.39 is 21.2 Å². The van der Waals surface area contributed by atoms with E-state index in [0.717, 1.165) is 12.8 Å². The number of nitrogens with zero attached hydrogens (tertiary/aromatic N) is 1. The first-order chi connectivity index (χ1) is 8.65. The van der Waals surface area contributed by atoms with Crippen molar-refractivity contribution in [2.75, 3.05) is 32.1 Å². The summed E-state index contributed by atoms with van der Waals surface area (Å²) in [5.41, 5.74) is -0.704. The molecule has 1 N–H and O–H groups in total. The van der Waals surface area contributed by atoms with Gasteiger partial charge in [-0.1, -0.05) is 19.8 Å². The van der Waals surface area contributed by atoms with Crippen LogP contribution in [0, 0.1) is 11.3 Å². The van der Waals surface area contributed by atoms with Crippen molar-refractivity contribution in [3.8, 4) is 0 Å². The van der Waals surface area contributed by atoms with E-state index in [4.69, 9.17) is 0 Å². The molecule has 1 aliphatic rings. The van der Waals surface area contributed by atoms with E-state index in [9.17, 15) is 18.3 Å². The van der Waals surface area contributed by atoms with Crippen LogP contribution in [0.15, 0.2) is 0 Å². The molecule has 0 saturated heterocycles. The van der Waals surface area contributed by atoms with E-state index in [1.54, 1.807) is 7.05 Å². The Morgan fingerprint density at radius 2 is 2.11 bits per heavy atom. The fourth-order valence-corrected chi connectivity index (χ4v) is 3.63. The summed E-state index contributed by atoms with van der Waals surface area (Å²) in [6.07, 6.45) is 4.60. The zero-order valence-corrected chi connectivity index (χ0v) is 12.9. The maximum Gasteiger partial charge on any atom is 0.310 e. The molecular weight excluding hydrogens is 266 g/mol. The number of sulfone groups is 1. The van der Waals surface area contributed by atoms with Gasteiger partial charge in [0.1, 0.15) is 9.84 Å². The van der Waals surface area contributed by atoms with E-state index in [-0.39, 0.29) is 5.75 Å². The Morgan fingerprint density at radius 3 is 2.58 bits per heavy atom. The second kappa shape index (κ2) is 6.22. The Balaban J connectivity index is 2.66. The van der Waals surface area contributed by atoms with Crippen LogP contribution in [0.1, 0.15) is 32.6 Å². The van der Waals surface area contributed by atoms with Crippen LogP contribution in [0.2, 0.25) is 0 Å². The molecule has 0 heterocycles. The lowest BCUT2D eigenvalue weighted by molar-refractivity contribution is -0.153. The highest BCUT2D eigenvalue weighted by Crippen LogP contribution is 2.40. The minimum Gasteiger partial charge on any atom is -0.481 e. The molecule has 0 amide bonds. The van der Waals surface area contributed by atoms with Gasteiger partial charge >= 0.3 is 5.97 Å². The number of rotatable bonds is 6. The molecule has 0 aromatic carbocycles. The minimum absolute atomic E-state index is 0.0781. The average Bonchev–Trinajstić information content (AvgIpc) is 2.25. The third kappa shape index (κ3) is 5.10. The van der Waals surface area contributed by atoms with Crippen LogP contribution in [0.3, 0.4) is 0 Å². The van der Waals surface area contributed by atoms with Crippen molar-refractivity contribution >= 4 is 15.8 Å². The number of hydrogen-bond acceptors (Lipinski definition) is 4. The van der Waals surface area contributed by atoms with Crippen LogP contribution >= 0.6 is 0 Å². The van der Waals surface area contributed by atoms with Crippen LogP contribution in [0.4, 0.5) is 0 Å². The van der Waals surface area contributed by atoms with Gasteiger partial charge in [-0.3, -0.25) is 4.79 Å². The van der Waals surface area contributed by atoms with Crippen LogP contribution in [-0.4, -0.2) is 56.5 Å². The predicted molar refractivity (Wildman–Crippen MR) is 74.9 cm³/mol. The summed E-state index contributed by atoms with van der Waals surface area (Å²) in [4.78, 5) is 13.5. The molecule has 0 bridgehead atoms. The van der Waals surface area contributed by atoms with Gasteiger partial charge in [-0.15, -0.1) is 0 Å². The molecule has 6 heteroatoms. The molecular formula is C13H25NO4S. The van der Waals surface area contributed by atoms with Crippen LogP contribution < -0.4 is 0 Å². The van der Waals surface area contributed by atoms with Crippen molar-refractivity contribution in [3.63, 3.8) is 0 Å². The largest absolute Gasteiger partial charge is 0.481 e. The maximum absolute atomic E-state index is 11.6. The zero-order valence-electron chi connectivity index (χ0n) is 12.1. The Bertz CT molecular complexity index is 420. The molecule has 1 aliphatic carbocycles. The number of aliphatic carboxylic acids is 1. The number of hydrogen-bond donors (Lipinski definition) is 1. The summed E-state index contributed by atoms with van der Waals surface area (Å²) < 4.78 is 22.3. The molecule has 0 aliphatic heterocycles. The van der Waals surface area contributed by atoms with E-state index >= 15 is 0 Å². The predicted octanol–water partition coefficient (Wildman–Crippen LogP) is 1.24. The molecule has 0 radical (unpaired) electrons. The first kappa shape index (κ1) is 16.4. The van der Waals surface area contributed by atoms with Crippen molar-refractivity contribution < 1.29 is 18.3 Å². The molecule has 19 heavy (non-hydrogen) atoms. The van der Waals surface area contributed by atoms with Crippen molar-refractivity contribution in [1.29, 1.82) is 0 Å². The molecule has 0 aromatic rings. The van der Waals surface area contributed by atoms with Gasteiger partial charge in [0.25, 0.3) is 0 Å². The van der Waals surface area contributed by atoms with Crippen molar-refractivity contribution in [3.05, 3.63) is 0 Å². The average molecular weight is 291 g/mol. The van der Waals surface area contributed by atoms with Crippen molar-refractivity contribution in [2.45, 2.75) is 32.6 Å². The summed E-state index contributed by atoms with van der Waals surface area (Å²) in [5, 5.41) is 9.54. The normalized spacial score (nSPS) is 28.5. The summed E-state index contributed by atoms with van der Waals surface area (Å²) >= 11 is 0.